The predicted octanol–water partition coefficient (Wildman–Crippen LogP) is 6.74. The van der Waals surface area contributed by atoms with Crippen LogP contribution < -0.4 is 0 Å². The van der Waals surface area contributed by atoms with Gasteiger partial charge in [0.05, 0.1) is 15.0 Å². The monoisotopic (exact) mass is 464 g/mol. The number of rotatable bonds is 3. The van der Waals surface area contributed by atoms with E-state index < -0.39 is 0 Å². The van der Waals surface area contributed by atoms with E-state index in [0.717, 1.165) is 17.0 Å². The van der Waals surface area contributed by atoms with Crippen LogP contribution in [-0.2, 0) is 0 Å². The van der Waals surface area contributed by atoms with E-state index in [9.17, 15) is 0 Å². The number of halogens is 1. The fourth-order valence-corrected chi connectivity index (χ4v) is 4.65. The van der Waals surface area contributed by atoms with Crippen molar-refractivity contribution < 1.29 is 0 Å². The van der Waals surface area contributed by atoms with Gasteiger partial charge in [0, 0.05) is 11.1 Å². The molecule has 0 aliphatic heterocycles. The predicted molar refractivity (Wildman–Crippen MR) is 121 cm³/mol. The topological polar surface area (TPSA) is 17.8 Å². The minimum absolute atomic E-state index is 1.02. The van der Waals surface area contributed by atoms with Crippen LogP contribution in [0.2, 0.25) is 0 Å². The summed E-state index contributed by atoms with van der Waals surface area (Å²) >= 11 is 2.44. The van der Waals surface area contributed by atoms with E-state index in [1.807, 2.05) is 6.07 Å². The summed E-state index contributed by atoms with van der Waals surface area (Å²) < 4.78 is 3.30. The number of aromatic nitrogens is 2. The molecule has 27 heavy (non-hydrogen) atoms. The summed E-state index contributed by atoms with van der Waals surface area (Å²) in [7, 11) is 0. The first-order valence-electron chi connectivity index (χ1n) is 9.04. The fraction of sp³-hybridized carbons (Fsp3) is 0.125. The summed E-state index contributed by atoms with van der Waals surface area (Å²) in [6, 6.07) is 25.4. The third kappa shape index (κ3) is 3.32. The van der Waals surface area contributed by atoms with Crippen molar-refractivity contribution in [1.29, 1.82) is 0 Å². The molecule has 0 saturated carbocycles. The molecule has 0 fully saturated rings. The summed E-state index contributed by atoms with van der Waals surface area (Å²) in [6.45, 7) is 6.48. The molecule has 2 nitrogen and oxygen atoms in total. The van der Waals surface area contributed by atoms with Gasteiger partial charge in [-0.25, -0.2) is 4.68 Å². The van der Waals surface area contributed by atoms with Crippen LogP contribution in [0.25, 0.3) is 28.2 Å². The van der Waals surface area contributed by atoms with Crippen LogP contribution >= 0.6 is 22.6 Å². The Hall–Kier alpha value is -2.40. The Morgan fingerprint density at radius 2 is 1.26 bits per heavy atom. The van der Waals surface area contributed by atoms with Crippen molar-refractivity contribution in [2.45, 2.75) is 20.8 Å². The number of benzene rings is 3. The highest BCUT2D eigenvalue weighted by molar-refractivity contribution is 14.1. The van der Waals surface area contributed by atoms with Crippen molar-refractivity contribution in [2.75, 3.05) is 0 Å². The lowest BCUT2D eigenvalue weighted by Gasteiger charge is -2.15. The van der Waals surface area contributed by atoms with Crippen LogP contribution in [0.3, 0.4) is 0 Å². The zero-order valence-corrected chi connectivity index (χ0v) is 17.9. The number of aryl methyl sites for hydroxylation is 3. The van der Waals surface area contributed by atoms with Gasteiger partial charge in [-0.3, -0.25) is 0 Å². The lowest BCUT2D eigenvalue weighted by molar-refractivity contribution is 0.874. The molecule has 0 spiro atoms. The zero-order chi connectivity index (χ0) is 19.0. The molecule has 4 aromatic rings. The van der Waals surface area contributed by atoms with Gasteiger partial charge >= 0.3 is 0 Å². The lowest BCUT2D eigenvalue weighted by atomic mass is 10.0. The maximum absolute atomic E-state index is 5.09. The highest BCUT2D eigenvalue weighted by Crippen LogP contribution is 2.36. The minimum Gasteiger partial charge on any atom is -0.231 e. The second kappa shape index (κ2) is 7.31. The minimum atomic E-state index is 1.02. The third-order valence-corrected chi connectivity index (χ3v) is 5.79. The normalized spacial score (nSPS) is 11.0. The summed E-state index contributed by atoms with van der Waals surface area (Å²) in [5.41, 5.74) is 9.40. The van der Waals surface area contributed by atoms with Crippen LogP contribution in [0, 0.1) is 24.3 Å². The first-order valence-corrected chi connectivity index (χ1v) is 10.1. The summed E-state index contributed by atoms with van der Waals surface area (Å²) in [4.78, 5) is 0. The molecule has 4 rings (SSSR count). The maximum atomic E-state index is 5.09. The van der Waals surface area contributed by atoms with Gasteiger partial charge in [-0.05, 0) is 54.5 Å². The van der Waals surface area contributed by atoms with Crippen molar-refractivity contribution >= 4 is 22.6 Å². The zero-order valence-electron chi connectivity index (χ0n) is 15.7. The van der Waals surface area contributed by atoms with E-state index in [0.29, 0.717) is 0 Å². The Kier molecular flexibility index (Phi) is 4.87. The average Bonchev–Trinajstić information content (AvgIpc) is 2.99. The van der Waals surface area contributed by atoms with Crippen LogP contribution in [0.15, 0.2) is 72.8 Å². The third-order valence-electron chi connectivity index (χ3n) is 4.77. The summed E-state index contributed by atoms with van der Waals surface area (Å²) in [5, 5.41) is 5.09. The van der Waals surface area contributed by atoms with Gasteiger partial charge in [-0.15, -0.1) is 0 Å². The van der Waals surface area contributed by atoms with Crippen molar-refractivity contribution in [1.82, 2.24) is 9.78 Å². The van der Waals surface area contributed by atoms with Gasteiger partial charge in [0.1, 0.15) is 5.69 Å². The van der Waals surface area contributed by atoms with E-state index in [2.05, 4.69) is 115 Å². The average molecular weight is 464 g/mol. The Balaban J connectivity index is 2.05. The molecule has 0 bridgehead atoms. The van der Waals surface area contributed by atoms with Crippen molar-refractivity contribution in [3.63, 3.8) is 0 Å². The molecule has 3 heteroatoms. The Bertz CT molecular complexity index is 1070. The first-order chi connectivity index (χ1) is 13.1. The molecule has 0 aliphatic rings. The molecule has 0 radical (unpaired) electrons. The second-order valence-electron chi connectivity index (χ2n) is 6.90. The van der Waals surface area contributed by atoms with Gasteiger partial charge < -0.3 is 0 Å². The molecule has 1 heterocycles. The van der Waals surface area contributed by atoms with Crippen LogP contribution in [0.4, 0.5) is 0 Å². The van der Waals surface area contributed by atoms with Crippen molar-refractivity contribution in [2.24, 2.45) is 0 Å². The van der Waals surface area contributed by atoms with E-state index in [-0.39, 0.29) is 0 Å². The highest BCUT2D eigenvalue weighted by atomic mass is 127. The van der Waals surface area contributed by atoms with Crippen molar-refractivity contribution in [3.05, 3.63) is 93.1 Å². The van der Waals surface area contributed by atoms with Gasteiger partial charge in [0.15, 0.2) is 0 Å². The molecule has 0 unspecified atom stereocenters. The molecule has 0 N–H and O–H groups in total. The van der Waals surface area contributed by atoms with E-state index in [1.165, 1.54) is 31.5 Å². The molecule has 1 aromatic heterocycles. The number of hydrogen-bond acceptors (Lipinski definition) is 1. The molecular weight excluding hydrogens is 443 g/mol. The lowest BCUT2D eigenvalue weighted by Crippen LogP contribution is -2.05. The molecule has 3 aromatic carbocycles. The Labute approximate surface area is 174 Å². The standard InChI is InChI=1S/C24H21IN2/c1-16-14-17(2)23(18(3)15-16)27-24(20-12-8-5-9-13-20)21(25)22(26-27)19-10-6-4-7-11-19/h4-15H,1-3H3. The van der Waals surface area contributed by atoms with Gasteiger partial charge in [0.2, 0.25) is 0 Å². The number of nitrogens with zero attached hydrogens (tertiary/aromatic N) is 2. The van der Waals surface area contributed by atoms with Crippen LogP contribution in [0.1, 0.15) is 16.7 Å². The van der Waals surface area contributed by atoms with Crippen LogP contribution in [0.5, 0.6) is 0 Å². The first kappa shape index (κ1) is 18.0. The highest BCUT2D eigenvalue weighted by Gasteiger charge is 2.21. The van der Waals surface area contributed by atoms with Gasteiger partial charge in [-0.1, -0.05) is 78.4 Å². The molecular formula is C24H21IN2. The van der Waals surface area contributed by atoms with Gasteiger partial charge in [-0.2, -0.15) is 5.10 Å². The molecule has 0 aliphatic carbocycles. The fourth-order valence-electron chi connectivity index (χ4n) is 3.69. The van der Waals surface area contributed by atoms with Gasteiger partial charge in [0.25, 0.3) is 0 Å². The molecule has 0 atom stereocenters. The molecule has 134 valence electrons. The molecule has 0 saturated heterocycles. The number of hydrogen-bond donors (Lipinski definition) is 0. The Morgan fingerprint density at radius 1 is 0.741 bits per heavy atom. The Morgan fingerprint density at radius 3 is 1.81 bits per heavy atom. The van der Waals surface area contributed by atoms with Crippen molar-refractivity contribution in [3.8, 4) is 28.2 Å². The second-order valence-corrected chi connectivity index (χ2v) is 7.98. The largest absolute Gasteiger partial charge is 0.231 e. The summed E-state index contributed by atoms with van der Waals surface area (Å²) in [5.74, 6) is 0. The quantitative estimate of drug-likeness (QED) is 0.307. The van der Waals surface area contributed by atoms with E-state index in [1.54, 1.807) is 0 Å². The van der Waals surface area contributed by atoms with E-state index in [4.69, 9.17) is 5.10 Å². The summed E-state index contributed by atoms with van der Waals surface area (Å²) in [6.07, 6.45) is 0. The SMILES string of the molecule is Cc1cc(C)c(-n2nc(-c3ccccc3)c(I)c2-c2ccccc2)c(C)c1. The molecule has 0 amide bonds. The van der Waals surface area contributed by atoms with Crippen LogP contribution in [-0.4, -0.2) is 9.78 Å². The maximum Gasteiger partial charge on any atom is 0.107 e. The smallest absolute Gasteiger partial charge is 0.107 e. The van der Waals surface area contributed by atoms with E-state index >= 15 is 0 Å².